The third-order valence-corrected chi connectivity index (χ3v) is 8.97. The fraction of sp³-hybridized carbons (Fsp3) is 0.143. The molecule has 214 valence electrons. The number of rotatable bonds is 4. The van der Waals surface area contributed by atoms with Gasteiger partial charge in [-0.05, 0) is 103 Å². The van der Waals surface area contributed by atoms with Crippen LogP contribution < -0.4 is 0 Å². The van der Waals surface area contributed by atoms with Crippen LogP contribution in [0.3, 0.4) is 0 Å². The minimum absolute atomic E-state index is 0.475. The summed E-state index contributed by atoms with van der Waals surface area (Å²) in [7, 11) is 0. The molecule has 0 bridgehead atoms. The summed E-state index contributed by atoms with van der Waals surface area (Å²) >= 11 is 0. The Morgan fingerprint density at radius 1 is 0.705 bits per heavy atom. The second-order valence-electron chi connectivity index (χ2n) is 11.8. The van der Waals surface area contributed by atoms with Crippen LogP contribution in [0.15, 0.2) is 121 Å². The summed E-state index contributed by atoms with van der Waals surface area (Å²) in [6.45, 7) is 8.90. The number of H-pyrrole nitrogens is 1. The van der Waals surface area contributed by atoms with E-state index in [-0.39, 0.29) is 0 Å². The zero-order valence-corrected chi connectivity index (χ0v) is 25.8. The predicted octanol–water partition coefficient (Wildman–Crippen LogP) is 11.5. The van der Waals surface area contributed by atoms with E-state index < -0.39 is 0 Å². The minimum atomic E-state index is 0.475. The molecule has 2 heteroatoms. The normalized spacial score (nSPS) is 11.9. The van der Waals surface area contributed by atoms with Crippen LogP contribution >= 0.6 is 0 Å². The van der Waals surface area contributed by atoms with E-state index in [9.17, 15) is 0 Å². The van der Waals surface area contributed by atoms with E-state index in [1.54, 1.807) is 0 Å². The van der Waals surface area contributed by atoms with Crippen molar-refractivity contribution in [2.45, 2.75) is 40.0 Å². The lowest BCUT2D eigenvalue weighted by Crippen LogP contribution is -1.97. The Hall–Kier alpha value is -5.26. The summed E-state index contributed by atoms with van der Waals surface area (Å²) < 4.78 is 2.41. The lowest BCUT2D eigenvalue weighted by molar-refractivity contribution is 0.736. The third kappa shape index (κ3) is 4.72. The molecule has 0 saturated carbocycles. The molecule has 0 aliphatic rings. The van der Waals surface area contributed by atoms with Gasteiger partial charge >= 0.3 is 0 Å². The van der Waals surface area contributed by atoms with Gasteiger partial charge in [0, 0.05) is 38.3 Å². The van der Waals surface area contributed by atoms with Crippen molar-refractivity contribution in [2.24, 2.45) is 0 Å². The smallest absolute Gasteiger partial charge is 0.0548 e. The Morgan fingerprint density at radius 2 is 1.48 bits per heavy atom. The van der Waals surface area contributed by atoms with Gasteiger partial charge in [-0.2, -0.15) is 0 Å². The highest BCUT2D eigenvalue weighted by molar-refractivity contribution is 6.21. The van der Waals surface area contributed by atoms with Crippen LogP contribution in [0.2, 0.25) is 0 Å². The van der Waals surface area contributed by atoms with Gasteiger partial charge < -0.3 is 9.55 Å². The molecule has 0 spiro atoms. The number of hydrogen-bond acceptors (Lipinski definition) is 0. The maximum Gasteiger partial charge on any atom is 0.0548 e. The monoisotopic (exact) mass is 568 g/mol. The lowest BCUT2D eigenvalue weighted by atomic mass is 9.85. The number of fused-ring (bicyclic) bond motifs is 6. The van der Waals surface area contributed by atoms with Crippen molar-refractivity contribution in [3.8, 4) is 16.8 Å². The van der Waals surface area contributed by atoms with Crippen molar-refractivity contribution in [1.29, 1.82) is 0 Å². The van der Waals surface area contributed by atoms with Gasteiger partial charge in [0.2, 0.25) is 0 Å². The highest BCUT2D eigenvalue weighted by atomic mass is 15.0. The molecular weight excluding hydrogens is 532 g/mol. The van der Waals surface area contributed by atoms with Crippen molar-refractivity contribution < 1.29 is 0 Å². The Bertz CT molecular complexity index is 2230. The Morgan fingerprint density at radius 3 is 2.20 bits per heavy atom. The van der Waals surface area contributed by atoms with Crippen LogP contribution in [0.5, 0.6) is 0 Å². The highest BCUT2D eigenvalue weighted by Crippen LogP contribution is 2.43. The van der Waals surface area contributed by atoms with Crippen molar-refractivity contribution >= 4 is 43.6 Å². The van der Waals surface area contributed by atoms with Crippen molar-refractivity contribution in [1.82, 2.24) is 9.55 Å². The first kappa shape index (κ1) is 27.6. The van der Waals surface area contributed by atoms with E-state index in [0.717, 1.165) is 6.42 Å². The van der Waals surface area contributed by atoms with E-state index in [1.807, 2.05) is 25.1 Å². The maximum absolute atomic E-state index is 3.79. The van der Waals surface area contributed by atoms with Crippen LogP contribution in [0.1, 0.15) is 42.9 Å². The standard InChI is InChI=1S/C35H30N2.C7H6/c1-4-22(2)26-18-19-30-35(34(26)25-15-9-8-12-23(25)3)29-21-33-28(20-31(29)36-30)27-16-10-11-17-32(27)37(33)24-13-6-5-7-14-24;1-7-5-3-2-4-6-7/h5-22,36H,4H2,1-3H3;3,5-6H,1H3. The zero-order valence-electron chi connectivity index (χ0n) is 25.8. The number of nitrogens with one attached hydrogen (secondary N) is 1. The largest absolute Gasteiger partial charge is 0.354 e. The molecule has 2 nitrogen and oxygen atoms in total. The first-order chi connectivity index (χ1) is 21.5. The molecule has 0 amide bonds. The van der Waals surface area contributed by atoms with Crippen LogP contribution in [0.4, 0.5) is 0 Å². The molecule has 0 fully saturated rings. The predicted molar refractivity (Wildman–Crippen MR) is 188 cm³/mol. The van der Waals surface area contributed by atoms with Gasteiger partial charge in [-0.15, -0.1) is 0 Å². The number of aromatic amines is 1. The fourth-order valence-electron chi connectivity index (χ4n) is 6.53. The second-order valence-corrected chi connectivity index (χ2v) is 11.8. The molecule has 1 N–H and O–H groups in total. The topological polar surface area (TPSA) is 20.7 Å². The first-order valence-corrected chi connectivity index (χ1v) is 15.5. The van der Waals surface area contributed by atoms with Gasteiger partial charge in [-0.1, -0.05) is 98.8 Å². The first-order valence-electron chi connectivity index (χ1n) is 15.5. The molecule has 0 aliphatic heterocycles. The van der Waals surface area contributed by atoms with Gasteiger partial charge in [0.25, 0.3) is 0 Å². The number of hydrogen-bond donors (Lipinski definition) is 1. The molecule has 0 aliphatic carbocycles. The number of para-hydroxylation sites is 2. The van der Waals surface area contributed by atoms with E-state index in [0.29, 0.717) is 5.92 Å². The zero-order chi connectivity index (χ0) is 30.2. The summed E-state index contributed by atoms with van der Waals surface area (Å²) in [5.41, 5.74) is 12.7. The van der Waals surface area contributed by atoms with E-state index >= 15 is 0 Å². The Kier molecular flexibility index (Phi) is 7.17. The summed E-state index contributed by atoms with van der Waals surface area (Å²) in [6.07, 6.45) is 1.11. The highest BCUT2D eigenvalue weighted by Gasteiger charge is 2.21. The van der Waals surface area contributed by atoms with Gasteiger partial charge in [-0.25, -0.2) is 0 Å². The van der Waals surface area contributed by atoms with Crippen molar-refractivity contribution in [3.05, 3.63) is 150 Å². The number of aromatic nitrogens is 2. The van der Waals surface area contributed by atoms with E-state index in [2.05, 4.69) is 146 Å². The van der Waals surface area contributed by atoms with Crippen LogP contribution in [-0.4, -0.2) is 9.55 Å². The Labute approximate surface area is 259 Å². The average molecular weight is 569 g/mol. The lowest BCUT2D eigenvalue weighted by Gasteiger charge is -2.18. The maximum atomic E-state index is 3.79. The molecule has 8 rings (SSSR count). The van der Waals surface area contributed by atoms with Crippen LogP contribution in [0.25, 0.3) is 60.4 Å². The van der Waals surface area contributed by atoms with Gasteiger partial charge in [-0.3, -0.25) is 0 Å². The average Bonchev–Trinajstić information content (AvgIpc) is 3.59. The molecule has 2 heterocycles. The van der Waals surface area contributed by atoms with E-state index in [4.69, 9.17) is 0 Å². The molecule has 44 heavy (non-hydrogen) atoms. The molecule has 1 unspecified atom stereocenters. The second kappa shape index (κ2) is 11.4. The molecule has 6 aromatic carbocycles. The fourth-order valence-corrected chi connectivity index (χ4v) is 6.53. The SMILES string of the molecule is CCC(C)c1ccc2[nH]c3cc4c5ccccc5n(-c5ccccc5)c4cc3c2c1-c1ccccc1C.Cc1cc#ccc1. The Balaban J connectivity index is 0.000000396. The summed E-state index contributed by atoms with van der Waals surface area (Å²) in [6, 6.07) is 49.1. The minimum Gasteiger partial charge on any atom is -0.354 e. The summed E-state index contributed by atoms with van der Waals surface area (Å²) in [5.74, 6) is 0.475. The molecule has 1 atom stereocenters. The molecular formula is C42H36N2. The summed E-state index contributed by atoms with van der Waals surface area (Å²) in [4.78, 5) is 3.79. The van der Waals surface area contributed by atoms with Gasteiger partial charge in [0.15, 0.2) is 0 Å². The van der Waals surface area contributed by atoms with Crippen molar-refractivity contribution in [2.75, 3.05) is 0 Å². The van der Waals surface area contributed by atoms with Gasteiger partial charge in [0.1, 0.15) is 0 Å². The number of nitrogens with zero attached hydrogens (tertiary/aromatic N) is 1. The van der Waals surface area contributed by atoms with Crippen LogP contribution in [-0.2, 0) is 0 Å². The molecule has 2 aromatic heterocycles. The molecule has 0 saturated heterocycles. The number of benzene rings is 5. The molecule has 0 radical (unpaired) electrons. The van der Waals surface area contributed by atoms with Gasteiger partial charge in [0.05, 0.1) is 11.0 Å². The summed E-state index contributed by atoms with van der Waals surface area (Å²) in [5, 5.41) is 5.17. The van der Waals surface area contributed by atoms with E-state index in [1.165, 1.54) is 77.1 Å². The number of aryl methyl sites for hydroxylation is 2. The van der Waals surface area contributed by atoms with Crippen LogP contribution in [0, 0.1) is 26.0 Å². The third-order valence-electron chi connectivity index (χ3n) is 8.97. The van der Waals surface area contributed by atoms with Crippen molar-refractivity contribution in [3.63, 3.8) is 0 Å². The molecule has 8 aromatic rings. The quantitative estimate of drug-likeness (QED) is 0.218.